The van der Waals surface area contributed by atoms with E-state index in [1.165, 1.54) is 12.1 Å². The van der Waals surface area contributed by atoms with Crippen molar-refractivity contribution in [3.8, 4) is 0 Å². The summed E-state index contributed by atoms with van der Waals surface area (Å²) >= 11 is 0. The molecule has 0 radical (unpaired) electrons. The van der Waals surface area contributed by atoms with Gasteiger partial charge in [-0.25, -0.2) is 4.79 Å². The minimum Gasteiger partial charge on any atom is -0.481 e. The lowest BCUT2D eigenvalue weighted by molar-refractivity contribution is -0.384. The predicted molar refractivity (Wildman–Crippen MR) is 111 cm³/mol. The van der Waals surface area contributed by atoms with E-state index in [4.69, 9.17) is 4.74 Å². The van der Waals surface area contributed by atoms with Crippen molar-refractivity contribution in [3.05, 3.63) is 45.5 Å². The van der Waals surface area contributed by atoms with Crippen LogP contribution >= 0.6 is 0 Å². The summed E-state index contributed by atoms with van der Waals surface area (Å²) in [6.07, 6.45) is 0.556. The molecule has 1 amide bonds. The highest BCUT2D eigenvalue weighted by Gasteiger charge is 2.26. The van der Waals surface area contributed by atoms with Gasteiger partial charge in [0, 0.05) is 12.1 Å². The van der Waals surface area contributed by atoms with Crippen molar-refractivity contribution < 1.29 is 24.4 Å². The van der Waals surface area contributed by atoms with Gasteiger partial charge in [0.1, 0.15) is 5.60 Å². The van der Waals surface area contributed by atoms with Crippen molar-refractivity contribution in [2.75, 3.05) is 0 Å². The van der Waals surface area contributed by atoms with Gasteiger partial charge in [0.05, 0.1) is 17.4 Å². The Bertz CT molecular complexity index is 815. The van der Waals surface area contributed by atoms with Gasteiger partial charge in [-0.3, -0.25) is 14.9 Å². The number of carbonyl (C=O) groups is 2. The van der Waals surface area contributed by atoms with Crippen LogP contribution in [0.15, 0.2) is 24.3 Å². The number of non-ortho nitro benzene ring substituents is 1. The molecule has 0 aliphatic rings. The molecule has 0 saturated heterocycles. The van der Waals surface area contributed by atoms with Gasteiger partial charge in [0.25, 0.3) is 5.69 Å². The van der Waals surface area contributed by atoms with Crippen LogP contribution in [0.2, 0.25) is 0 Å². The molecule has 0 heterocycles. The van der Waals surface area contributed by atoms with Gasteiger partial charge in [-0.15, -0.1) is 0 Å². The van der Waals surface area contributed by atoms with Crippen molar-refractivity contribution in [2.45, 2.75) is 66.5 Å². The molecule has 0 aliphatic carbocycles. The zero-order valence-corrected chi connectivity index (χ0v) is 18.0. The predicted octanol–water partition coefficient (Wildman–Crippen LogP) is 4.70. The average Bonchev–Trinajstić information content (AvgIpc) is 2.49. The first kappa shape index (κ1) is 24.1. The molecular weight excluding hydrogens is 376 g/mol. The zero-order chi connectivity index (χ0) is 22.6. The number of aryl methyl sites for hydroxylation is 1. The number of nitro benzene ring substituents is 1. The van der Waals surface area contributed by atoms with Crippen molar-refractivity contribution in [3.63, 3.8) is 0 Å². The smallest absolute Gasteiger partial charge is 0.408 e. The van der Waals surface area contributed by atoms with E-state index in [1.54, 1.807) is 32.9 Å². The minimum absolute atomic E-state index is 0.0596. The number of carboxylic acids is 1. The Labute approximate surface area is 171 Å². The van der Waals surface area contributed by atoms with E-state index in [0.29, 0.717) is 11.1 Å². The van der Waals surface area contributed by atoms with Crippen LogP contribution < -0.4 is 5.32 Å². The topological polar surface area (TPSA) is 119 Å². The number of hydrogen-bond donors (Lipinski definition) is 2. The molecule has 0 spiro atoms. The first-order valence-corrected chi connectivity index (χ1v) is 9.29. The number of nitro groups is 1. The Kier molecular flexibility index (Phi) is 7.55. The fraction of sp³-hybridized carbons (Fsp3) is 0.524. The number of carbonyl (C=O) groups excluding carboxylic acids is 1. The maximum Gasteiger partial charge on any atom is 0.408 e. The molecule has 0 unspecified atom stereocenters. The number of aliphatic carboxylic acids is 1. The Morgan fingerprint density at radius 1 is 1.24 bits per heavy atom. The Morgan fingerprint density at radius 3 is 2.28 bits per heavy atom. The van der Waals surface area contributed by atoms with Crippen LogP contribution in [0, 0.1) is 22.5 Å². The van der Waals surface area contributed by atoms with Crippen LogP contribution in [0.5, 0.6) is 0 Å². The van der Waals surface area contributed by atoms with Crippen LogP contribution in [-0.4, -0.2) is 33.7 Å². The van der Waals surface area contributed by atoms with Crippen LogP contribution in [0.1, 0.15) is 59.1 Å². The van der Waals surface area contributed by atoms with Gasteiger partial charge in [0.2, 0.25) is 0 Å². The number of benzene rings is 1. The molecule has 0 saturated carbocycles. The molecule has 8 heteroatoms. The summed E-state index contributed by atoms with van der Waals surface area (Å²) in [7, 11) is 0. The largest absolute Gasteiger partial charge is 0.481 e. The number of nitrogens with zero attached hydrogens (tertiary/aromatic N) is 1. The van der Waals surface area contributed by atoms with Crippen molar-refractivity contribution in [1.29, 1.82) is 0 Å². The van der Waals surface area contributed by atoms with E-state index < -0.39 is 34.0 Å². The fourth-order valence-corrected chi connectivity index (χ4v) is 2.76. The maximum atomic E-state index is 12.2. The highest BCUT2D eigenvalue weighted by atomic mass is 16.6. The molecule has 0 aromatic heterocycles. The molecule has 2 N–H and O–H groups in total. The van der Waals surface area contributed by atoms with Crippen LogP contribution in [0.4, 0.5) is 10.5 Å². The molecule has 0 bridgehead atoms. The lowest BCUT2D eigenvalue weighted by Crippen LogP contribution is -2.39. The maximum absolute atomic E-state index is 12.2. The van der Waals surface area contributed by atoms with E-state index >= 15 is 0 Å². The number of carboxylic acid groups (broad SMARTS) is 1. The van der Waals surface area contributed by atoms with E-state index in [1.807, 2.05) is 27.7 Å². The summed E-state index contributed by atoms with van der Waals surface area (Å²) in [4.78, 5) is 34.3. The van der Waals surface area contributed by atoms with E-state index in [0.717, 1.165) is 5.56 Å². The lowest BCUT2D eigenvalue weighted by atomic mass is 9.79. The third kappa shape index (κ3) is 7.93. The van der Waals surface area contributed by atoms with Gasteiger partial charge < -0.3 is 15.2 Å². The number of allylic oxidation sites excluding steroid dienone is 1. The molecule has 0 fully saturated rings. The standard InChI is InChI=1S/C21H30N2O6/c1-13-8-9-15(23(27)28)12-16(13)17(20(2,3)4)10-14(11-18(24)25)22-19(26)29-21(5,6)7/h8-10,12,14H,11H2,1-7H3,(H,22,26)(H,24,25)/t14-/m1/s1. The zero-order valence-electron chi connectivity index (χ0n) is 18.0. The molecular formula is C21H30N2O6. The van der Waals surface area contributed by atoms with Gasteiger partial charge >= 0.3 is 12.1 Å². The molecule has 160 valence electrons. The molecule has 8 nitrogen and oxygen atoms in total. The van der Waals surface area contributed by atoms with Gasteiger partial charge in [-0.2, -0.15) is 0 Å². The summed E-state index contributed by atoms with van der Waals surface area (Å²) in [6.45, 7) is 12.7. The summed E-state index contributed by atoms with van der Waals surface area (Å²) in [5.74, 6) is -1.09. The quantitative estimate of drug-likeness (QED) is 0.522. The van der Waals surface area contributed by atoms with Crippen molar-refractivity contribution in [1.82, 2.24) is 5.32 Å². The molecule has 1 aromatic rings. The highest BCUT2D eigenvalue weighted by Crippen LogP contribution is 2.37. The summed E-state index contributed by atoms with van der Waals surface area (Å²) < 4.78 is 5.24. The third-order valence-corrected chi connectivity index (χ3v) is 3.99. The second kappa shape index (κ2) is 9.07. The number of ether oxygens (including phenoxy) is 1. The van der Waals surface area contributed by atoms with Crippen LogP contribution in [0.3, 0.4) is 0 Å². The number of alkyl carbamates (subject to hydrolysis) is 1. The molecule has 1 aromatic carbocycles. The number of nitrogens with one attached hydrogen (secondary N) is 1. The third-order valence-electron chi connectivity index (χ3n) is 3.99. The number of amides is 1. The monoisotopic (exact) mass is 406 g/mol. The molecule has 1 atom stereocenters. The Balaban J connectivity index is 3.45. The Hall–Kier alpha value is -2.90. The highest BCUT2D eigenvalue weighted by molar-refractivity contribution is 5.77. The van der Waals surface area contributed by atoms with Gasteiger partial charge in [-0.1, -0.05) is 32.9 Å². The summed E-state index contributed by atoms with van der Waals surface area (Å²) in [6, 6.07) is 3.70. The van der Waals surface area contributed by atoms with Crippen LogP contribution in [0.25, 0.3) is 5.57 Å². The van der Waals surface area contributed by atoms with Crippen molar-refractivity contribution >= 4 is 23.3 Å². The lowest BCUT2D eigenvalue weighted by Gasteiger charge is -2.27. The Morgan fingerprint density at radius 2 is 1.83 bits per heavy atom. The van der Waals surface area contributed by atoms with Crippen molar-refractivity contribution in [2.24, 2.45) is 5.41 Å². The van der Waals surface area contributed by atoms with E-state index in [9.17, 15) is 24.8 Å². The normalized spacial score (nSPS) is 13.6. The fourth-order valence-electron chi connectivity index (χ4n) is 2.76. The van der Waals surface area contributed by atoms with E-state index in [-0.39, 0.29) is 12.1 Å². The van der Waals surface area contributed by atoms with E-state index in [2.05, 4.69) is 5.32 Å². The van der Waals surface area contributed by atoms with Crippen LogP contribution in [-0.2, 0) is 9.53 Å². The molecule has 1 rings (SSSR count). The average molecular weight is 406 g/mol. The minimum atomic E-state index is -1.09. The molecule has 0 aliphatic heterocycles. The number of rotatable bonds is 6. The first-order valence-electron chi connectivity index (χ1n) is 9.29. The first-order chi connectivity index (χ1) is 13.1. The summed E-state index contributed by atoms with van der Waals surface area (Å²) in [5.41, 5.74) is 0.880. The SMILES string of the molecule is Cc1ccc([N+](=O)[O-])cc1C(=C[C@H](CC(=O)O)NC(=O)OC(C)(C)C)C(C)(C)C. The number of hydrogen-bond acceptors (Lipinski definition) is 5. The van der Waals surface area contributed by atoms with Gasteiger partial charge in [-0.05, 0) is 49.8 Å². The molecule has 29 heavy (non-hydrogen) atoms. The summed E-state index contributed by atoms with van der Waals surface area (Å²) in [5, 5.41) is 23.1. The second-order valence-electron chi connectivity index (χ2n) is 8.94. The second-order valence-corrected chi connectivity index (χ2v) is 8.94. The van der Waals surface area contributed by atoms with Gasteiger partial charge in [0.15, 0.2) is 0 Å².